The van der Waals surface area contributed by atoms with Gasteiger partial charge < -0.3 is 23.0 Å². The highest BCUT2D eigenvalue weighted by atomic mass is 31.2. The van der Waals surface area contributed by atoms with Crippen LogP contribution in [0.3, 0.4) is 0 Å². The Kier molecular flexibility index (Phi) is 9.08. The average molecular weight is 447 g/mol. The number of hydrogen-bond acceptors (Lipinski definition) is 7. The fourth-order valence-corrected chi connectivity index (χ4v) is 7.99. The number of hydrogen-bond donors (Lipinski definition) is 0. The Balaban J connectivity index is 2.53. The summed E-state index contributed by atoms with van der Waals surface area (Å²) in [6.07, 6.45) is 0.620. The Labute approximate surface area is 172 Å². The van der Waals surface area contributed by atoms with E-state index in [-0.39, 0.29) is 26.4 Å². The molecule has 0 N–H and O–H groups in total. The predicted molar refractivity (Wildman–Crippen MR) is 111 cm³/mol. The number of nitrogens with zero attached hydrogens (tertiary/aromatic N) is 1. The number of rotatable bonds is 11. The first-order chi connectivity index (χ1) is 13.9. The van der Waals surface area contributed by atoms with Crippen LogP contribution in [0.4, 0.5) is 0 Å². The van der Waals surface area contributed by atoms with Crippen LogP contribution >= 0.6 is 15.2 Å². The van der Waals surface area contributed by atoms with Crippen LogP contribution in [0.5, 0.6) is 0 Å². The number of amides is 1. The van der Waals surface area contributed by atoms with E-state index in [0.29, 0.717) is 18.4 Å². The average Bonchev–Trinajstić information content (AvgIpc) is 3.15. The second-order valence-corrected chi connectivity index (χ2v) is 10.8. The second-order valence-electron chi connectivity index (χ2n) is 6.37. The van der Waals surface area contributed by atoms with Crippen LogP contribution < -0.4 is 0 Å². The van der Waals surface area contributed by atoms with E-state index in [1.54, 1.807) is 58.0 Å². The van der Waals surface area contributed by atoms with Crippen molar-refractivity contribution in [1.82, 2.24) is 4.90 Å². The maximum absolute atomic E-state index is 13.5. The molecule has 0 aromatic heterocycles. The molecule has 1 aromatic rings. The minimum atomic E-state index is -3.67. The summed E-state index contributed by atoms with van der Waals surface area (Å²) in [4.78, 5) is 14.8. The van der Waals surface area contributed by atoms with Crippen molar-refractivity contribution in [2.45, 2.75) is 52.1 Å². The van der Waals surface area contributed by atoms with Gasteiger partial charge in [-0.1, -0.05) is 18.2 Å². The third-order valence-electron chi connectivity index (χ3n) is 4.55. The second kappa shape index (κ2) is 10.9. The van der Waals surface area contributed by atoms with Gasteiger partial charge in [0.25, 0.3) is 5.91 Å². The normalized spacial score (nSPS) is 20.2. The molecule has 1 heterocycles. The third-order valence-corrected chi connectivity index (χ3v) is 9.49. The van der Waals surface area contributed by atoms with E-state index < -0.39 is 32.7 Å². The lowest BCUT2D eigenvalue weighted by Gasteiger charge is -2.36. The van der Waals surface area contributed by atoms with Crippen LogP contribution in [-0.4, -0.2) is 48.8 Å². The summed E-state index contributed by atoms with van der Waals surface area (Å²) in [5.41, 5.74) is 0.392. The minimum absolute atomic E-state index is 0.167. The zero-order valence-corrected chi connectivity index (χ0v) is 19.3. The van der Waals surface area contributed by atoms with E-state index in [0.717, 1.165) is 0 Å². The Bertz CT molecular complexity index is 700. The molecule has 164 valence electrons. The van der Waals surface area contributed by atoms with Crippen molar-refractivity contribution in [3.8, 4) is 0 Å². The number of likely N-dealkylation sites (tertiary alicyclic amines) is 1. The Hall–Kier alpha value is -1.01. The van der Waals surface area contributed by atoms with Gasteiger partial charge in [-0.15, -0.1) is 0 Å². The summed E-state index contributed by atoms with van der Waals surface area (Å²) in [5, 5.41) is 0. The fraction of sp³-hybridized carbons (Fsp3) is 0.632. The van der Waals surface area contributed by atoms with Gasteiger partial charge in [0.2, 0.25) is 0 Å². The maximum atomic E-state index is 13.5. The zero-order chi connectivity index (χ0) is 21.5. The minimum Gasteiger partial charge on any atom is -0.309 e. The molecule has 0 aliphatic carbocycles. The number of benzene rings is 1. The Morgan fingerprint density at radius 2 is 1.21 bits per heavy atom. The molecule has 1 fully saturated rings. The summed E-state index contributed by atoms with van der Waals surface area (Å²) in [6.45, 7) is 7.53. The quantitative estimate of drug-likeness (QED) is 0.436. The van der Waals surface area contributed by atoms with E-state index >= 15 is 0 Å². The maximum Gasteiger partial charge on any atom is 0.352 e. The Morgan fingerprint density at radius 1 is 0.828 bits per heavy atom. The van der Waals surface area contributed by atoms with Gasteiger partial charge in [0, 0.05) is 5.56 Å². The van der Waals surface area contributed by atoms with Gasteiger partial charge in [-0.3, -0.25) is 13.9 Å². The van der Waals surface area contributed by atoms with Crippen LogP contribution in [0.1, 0.15) is 50.9 Å². The van der Waals surface area contributed by atoms with Gasteiger partial charge in [-0.25, -0.2) is 0 Å². The van der Waals surface area contributed by atoms with Crippen molar-refractivity contribution in [3.63, 3.8) is 0 Å². The molecule has 10 heteroatoms. The molecule has 1 aliphatic rings. The van der Waals surface area contributed by atoms with Crippen molar-refractivity contribution in [2.24, 2.45) is 0 Å². The predicted octanol–water partition coefficient (Wildman–Crippen LogP) is 5.11. The largest absolute Gasteiger partial charge is 0.352 e. The summed E-state index contributed by atoms with van der Waals surface area (Å²) in [7, 11) is -7.34. The van der Waals surface area contributed by atoms with E-state index in [1.165, 1.54) is 4.90 Å². The molecule has 0 bridgehead atoms. The van der Waals surface area contributed by atoms with E-state index in [4.69, 9.17) is 18.1 Å². The molecule has 2 atom stereocenters. The van der Waals surface area contributed by atoms with Gasteiger partial charge in [-0.05, 0) is 52.7 Å². The highest BCUT2D eigenvalue weighted by molar-refractivity contribution is 7.56. The molecule has 1 aliphatic heterocycles. The van der Waals surface area contributed by atoms with Crippen LogP contribution in [0.15, 0.2) is 30.3 Å². The summed E-state index contributed by atoms with van der Waals surface area (Å²) in [6, 6.07) is 8.60. The smallest absolute Gasteiger partial charge is 0.309 e. The highest BCUT2D eigenvalue weighted by Gasteiger charge is 2.55. The molecule has 0 spiro atoms. The van der Waals surface area contributed by atoms with Gasteiger partial charge in [0.1, 0.15) is 11.6 Å². The Morgan fingerprint density at radius 3 is 1.55 bits per heavy atom. The molecular weight excluding hydrogens is 416 g/mol. The molecule has 1 saturated heterocycles. The highest BCUT2D eigenvalue weighted by Crippen LogP contribution is 2.65. The van der Waals surface area contributed by atoms with Crippen molar-refractivity contribution in [3.05, 3.63) is 35.9 Å². The third kappa shape index (κ3) is 5.38. The van der Waals surface area contributed by atoms with Crippen LogP contribution in [-0.2, 0) is 27.2 Å². The monoisotopic (exact) mass is 447 g/mol. The summed E-state index contributed by atoms with van der Waals surface area (Å²) >= 11 is 0. The molecule has 0 saturated carbocycles. The number of carbonyl (C=O) groups excluding carboxylic acids is 1. The van der Waals surface area contributed by atoms with E-state index in [2.05, 4.69) is 0 Å². The zero-order valence-electron chi connectivity index (χ0n) is 17.5. The van der Waals surface area contributed by atoms with E-state index in [1.807, 2.05) is 0 Å². The standard InChI is InChI=1S/C19H31NO7P2/c1-5-24-28(22,25-6-2)17-14-15-18(29(23,26-7-3)27-8-4)20(17)19(21)16-12-10-9-11-13-16/h9-13,17-18H,5-8,14-15H2,1-4H3/t17-,18-/m1/s1. The molecule has 0 radical (unpaired) electrons. The first-order valence-electron chi connectivity index (χ1n) is 10.0. The van der Waals surface area contributed by atoms with Crippen molar-refractivity contribution < 1.29 is 32.0 Å². The summed E-state index contributed by atoms with van der Waals surface area (Å²) < 4.78 is 49.2. The van der Waals surface area contributed by atoms with Crippen LogP contribution in [0, 0.1) is 0 Å². The van der Waals surface area contributed by atoms with Crippen LogP contribution in [0.25, 0.3) is 0 Å². The first kappa shape index (κ1) is 24.3. The first-order valence-corrected chi connectivity index (χ1v) is 13.2. The SMILES string of the molecule is CCOP(=O)(OCC)[C@@H]1CC[C@@H](P(=O)(OCC)OCC)N1C(=O)c1ccccc1. The molecule has 2 rings (SSSR count). The molecular formula is C19H31NO7P2. The lowest BCUT2D eigenvalue weighted by atomic mass is 10.2. The lowest BCUT2D eigenvalue weighted by Crippen LogP contribution is -2.42. The molecule has 29 heavy (non-hydrogen) atoms. The lowest BCUT2D eigenvalue weighted by molar-refractivity contribution is 0.0695. The molecule has 1 amide bonds. The van der Waals surface area contributed by atoms with Gasteiger partial charge in [0.05, 0.1) is 26.4 Å². The molecule has 8 nitrogen and oxygen atoms in total. The van der Waals surface area contributed by atoms with E-state index in [9.17, 15) is 13.9 Å². The van der Waals surface area contributed by atoms with Gasteiger partial charge in [0.15, 0.2) is 0 Å². The molecule has 0 unspecified atom stereocenters. The topological polar surface area (TPSA) is 91.4 Å². The van der Waals surface area contributed by atoms with Crippen molar-refractivity contribution in [2.75, 3.05) is 26.4 Å². The van der Waals surface area contributed by atoms with Gasteiger partial charge in [-0.2, -0.15) is 0 Å². The van der Waals surface area contributed by atoms with Crippen molar-refractivity contribution in [1.29, 1.82) is 0 Å². The van der Waals surface area contributed by atoms with Gasteiger partial charge >= 0.3 is 15.2 Å². The fourth-order valence-electron chi connectivity index (χ4n) is 3.53. The van der Waals surface area contributed by atoms with Crippen molar-refractivity contribution >= 4 is 21.1 Å². The van der Waals surface area contributed by atoms with Crippen LogP contribution in [0.2, 0.25) is 0 Å². The number of carbonyl (C=O) groups is 1. The molecule has 1 aromatic carbocycles. The summed E-state index contributed by atoms with van der Waals surface area (Å²) in [5.74, 6) is -2.14.